The van der Waals surface area contributed by atoms with E-state index in [9.17, 15) is 9.59 Å². The fourth-order valence-corrected chi connectivity index (χ4v) is 4.52. The average molecular weight is 349 g/mol. The Bertz CT molecular complexity index is 804. The van der Waals surface area contributed by atoms with Crippen LogP contribution in [-0.4, -0.2) is 24.7 Å². The SMILES string of the molecule is CCOC(=O)C1=CSc2[nH]c(=O)sc2[C@H]1c1ccc(OC)cc1. The molecule has 0 unspecified atom stereocenters. The van der Waals surface area contributed by atoms with Crippen LogP contribution in [0.1, 0.15) is 23.3 Å². The van der Waals surface area contributed by atoms with Crippen molar-refractivity contribution in [2.24, 2.45) is 0 Å². The molecule has 1 N–H and O–H groups in total. The van der Waals surface area contributed by atoms with Crippen LogP contribution in [0.4, 0.5) is 0 Å². The molecule has 0 bridgehead atoms. The molecule has 1 aromatic carbocycles. The number of fused-ring (bicyclic) bond motifs is 1. The van der Waals surface area contributed by atoms with Crippen LogP contribution in [-0.2, 0) is 9.53 Å². The molecule has 1 atom stereocenters. The fraction of sp³-hybridized carbons (Fsp3) is 0.250. The summed E-state index contributed by atoms with van der Waals surface area (Å²) in [6, 6.07) is 7.49. The highest BCUT2D eigenvalue weighted by atomic mass is 32.2. The van der Waals surface area contributed by atoms with Gasteiger partial charge < -0.3 is 14.5 Å². The maximum atomic E-state index is 12.3. The number of aromatic amines is 1. The number of hydrogen-bond acceptors (Lipinski definition) is 6. The smallest absolute Gasteiger partial charge is 0.335 e. The van der Waals surface area contributed by atoms with Crippen molar-refractivity contribution in [3.63, 3.8) is 0 Å². The third-order valence-electron chi connectivity index (χ3n) is 3.48. The summed E-state index contributed by atoms with van der Waals surface area (Å²) in [5, 5.41) is 2.55. The Balaban J connectivity index is 2.07. The molecule has 120 valence electrons. The van der Waals surface area contributed by atoms with Gasteiger partial charge in [-0.3, -0.25) is 4.79 Å². The standard InChI is InChI=1S/C16H15NO4S2/c1-3-21-15(18)11-8-22-14-13(23-16(19)17-14)12(11)9-4-6-10(20-2)7-5-9/h4-8,12H,3H2,1-2H3,(H,17,19)/t12-/m0/s1. The Hall–Kier alpha value is -1.99. The van der Waals surface area contributed by atoms with E-state index in [0.717, 1.165) is 32.6 Å². The van der Waals surface area contributed by atoms with E-state index in [0.29, 0.717) is 12.2 Å². The summed E-state index contributed by atoms with van der Waals surface area (Å²) >= 11 is 2.48. The van der Waals surface area contributed by atoms with E-state index in [1.54, 1.807) is 19.4 Å². The molecule has 0 radical (unpaired) electrons. The molecule has 2 aromatic rings. The first-order valence-corrected chi connectivity index (χ1v) is 8.74. The molecule has 1 aliphatic rings. The quantitative estimate of drug-likeness (QED) is 0.859. The largest absolute Gasteiger partial charge is 0.497 e. The summed E-state index contributed by atoms with van der Waals surface area (Å²) in [5.74, 6) is 0.0792. The maximum absolute atomic E-state index is 12.3. The number of methoxy groups -OCH3 is 1. The first kappa shape index (κ1) is 15.9. The van der Waals surface area contributed by atoms with Gasteiger partial charge >= 0.3 is 10.8 Å². The van der Waals surface area contributed by atoms with Gasteiger partial charge in [-0.15, -0.1) is 0 Å². The number of nitrogens with one attached hydrogen (secondary N) is 1. The zero-order valence-corrected chi connectivity index (χ0v) is 14.3. The third kappa shape index (κ3) is 3.07. The van der Waals surface area contributed by atoms with Gasteiger partial charge in [-0.05, 0) is 30.0 Å². The molecule has 3 rings (SSSR count). The van der Waals surface area contributed by atoms with Gasteiger partial charge in [-0.25, -0.2) is 4.79 Å². The normalized spacial score (nSPS) is 16.4. The zero-order valence-electron chi connectivity index (χ0n) is 12.6. The lowest BCUT2D eigenvalue weighted by atomic mass is 9.90. The first-order chi connectivity index (χ1) is 11.1. The van der Waals surface area contributed by atoms with E-state index in [1.165, 1.54) is 11.8 Å². The number of thiazole rings is 1. The average Bonchev–Trinajstić information content (AvgIpc) is 2.94. The van der Waals surface area contributed by atoms with Gasteiger partial charge in [0.1, 0.15) is 5.75 Å². The number of carbonyl (C=O) groups is 1. The summed E-state index contributed by atoms with van der Waals surface area (Å²) in [4.78, 5) is 27.6. The molecule has 0 amide bonds. The highest BCUT2D eigenvalue weighted by molar-refractivity contribution is 8.02. The molecule has 0 spiro atoms. The van der Waals surface area contributed by atoms with Crippen molar-refractivity contribution in [3.05, 3.63) is 55.4 Å². The molecular formula is C16H15NO4S2. The van der Waals surface area contributed by atoms with E-state index in [4.69, 9.17) is 9.47 Å². The van der Waals surface area contributed by atoms with Crippen molar-refractivity contribution in [2.75, 3.05) is 13.7 Å². The zero-order chi connectivity index (χ0) is 16.4. The van der Waals surface area contributed by atoms with Gasteiger partial charge in [-0.1, -0.05) is 35.2 Å². The molecule has 0 fully saturated rings. The summed E-state index contributed by atoms with van der Waals surface area (Å²) in [6.07, 6.45) is 0. The minimum absolute atomic E-state index is 0.125. The van der Waals surface area contributed by atoms with E-state index in [1.807, 2.05) is 24.3 Å². The Morgan fingerprint density at radius 1 is 1.30 bits per heavy atom. The molecule has 23 heavy (non-hydrogen) atoms. The second kappa shape index (κ2) is 6.64. The van der Waals surface area contributed by atoms with E-state index >= 15 is 0 Å². The van der Waals surface area contributed by atoms with Gasteiger partial charge in [0, 0.05) is 0 Å². The maximum Gasteiger partial charge on any atom is 0.335 e. The van der Waals surface area contributed by atoms with E-state index in [-0.39, 0.29) is 16.8 Å². The van der Waals surface area contributed by atoms with Gasteiger partial charge in [0.15, 0.2) is 0 Å². The highest BCUT2D eigenvalue weighted by Crippen LogP contribution is 2.44. The number of aromatic nitrogens is 1. The summed E-state index contributed by atoms with van der Waals surface area (Å²) in [7, 11) is 1.60. The molecule has 2 heterocycles. The number of rotatable bonds is 4. The molecule has 7 heteroatoms. The lowest BCUT2D eigenvalue weighted by Gasteiger charge is -2.23. The molecule has 5 nitrogen and oxygen atoms in total. The molecular weight excluding hydrogens is 334 g/mol. The molecule has 0 saturated carbocycles. The number of H-pyrrole nitrogens is 1. The predicted molar refractivity (Wildman–Crippen MR) is 90.3 cm³/mol. The van der Waals surface area contributed by atoms with Crippen LogP contribution < -0.4 is 9.61 Å². The van der Waals surface area contributed by atoms with Crippen molar-refractivity contribution in [1.82, 2.24) is 4.98 Å². The lowest BCUT2D eigenvalue weighted by Crippen LogP contribution is -2.17. The van der Waals surface area contributed by atoms with Crippen LogP contribution in [0.5, 0.6) is 5.75 Å². The number of thioether (sulfide) groups is 1. The molecule has 1 aromatic heterocycles. The Labute approximate surface area is 141 Å². The van der Waals surface area contributed by atoms with Gasteiger partial charge in [-0.2, -0.15) is 0 Å². The van der Waals surface area contributed by atoms with E-state index in [2.05, 4.69) is 4.98 Å². The van der Waals surface area contributed by atoms with Crippen LogP contribution in [0.3, 0.4) is 0 Å². The van der Waals surface area contributed by atoms with Crippen molar-refractivity contribution < 1.29 is 14.3 Å². The minimum Gasteiger partial charge on any atom is -0.497 e. The Morgan fingerprint density at radius 2 is 2.04 bits per heavy atom. The van der Waals surface area contributed by atoms with Crippen LogP contribution in [0.15, 0.2) is 45.1 Å². The second-order valence-corrected chi connectivity index (χ2v) is 6.72. The van der Waals surface area contributed by atoms with Crippen LogP contribution in [0.25, 0.3) is 0 Å². The van der Waals surface area contributed by atoms with Crippen LogP contribution in [0.2, 0.25) is 0 Å². The highest BCUT2D eigenvalue weighted by Gasteiger charge is 2.33. The third-order valence-corrected chi connectivity index (χ3v) is 5.49. The monoisotopic (exact) mass is 349 g/mol. The van der Waals surface area contributed by atoms with Crippen molar-refractivity contribution in [1.29, 1.82) is 0 Å². The Kier molecular flexibility index (Phi) is 4.58. The number of hydrogen-bond donors (Lipinski definition) is 1. The number of benzene rings is 1. The Morgan fingerprint density at radius 3 is 2.70 bits per heavy atom. The molecule has 0 aliphatic carbocycles. The van der Waals surface area contributed by atoms with Crippen LogP contribution >= 0.6 is 23.1 Å². The van der Waals surface area contributed by atoms with Gasteiger partial charge in [0.25, 0.3) is 0 Å². The number of carbonyl (C=O) groups excluding carboxylic acids is 1. The number of ether oxygens (including phenoxy) is 2. The van der Waals surface area contributed by atoms with Crippen LogP contribution in [0, 0.1) is 0 Å². The predicted octanol–water partition coefficient (Wildman–Crippen LogP) is 3.13. The summed E-state index contributed by atoms with van der Waals surface area (Å²) in [5.41, 5.74) is 1.46. The van der Waals surface area contributed by atoms with Gasteiger partial charge in [0.2, 0.25) is 0 Å². The van der Waals surface area contributed by atoms with Crippen molar-refractivity contribution >= 4 is 29.1 Å². The van der Waals surface area contributed by atoms with Crippen molar-refractivity contribution in [2.45, 2.75) is 17.9 Å². The first-order valence-electron chi connectivity index (χ1n) is 7.04. The van der Waals surface area contributed by atoms with E-state index < -0.39 is 0 Å². The van der Waals surface area contributed by atoms with Crippen molar-refractivity contribution in [3.8, 4) is 5.75 Å². The lowest BCUT2D eigenvalue weighted by molar-refractivity contribution is -0.138. The molecule has 1 aliphatic heterocycles. The second-order valence-electron chi connectivity index (χ2n) is 4.83. The topological polar surface area (TPSA) is 68.4 Å². The fourth-order valence-electron chi connectivity index (χ4n) is 2.44. The van der Waals surface area contributed by atoms with Gasteiger partial charge in [0.05, 0.1) is 35.1 Å². The summed E-state index contributed by atoms with van der Waals surface area (Å²) < 4.78 is 10.3. The number of esters is 1. The minimum atomic E-state index is -0.354. The molecule has 0 saturated heterocycles. The summed E-state index contributed by atoms with van der Waals surface area (Å²) in [6.45, 7) is 2.09.